The number of halogens is 1. The average molecular weight is 266 g/mol. The molecule has 5 nitrogen and oxygen atoms in total. The quantitative estimate of drug-likeness (QED) is 0.502. The molecule has 18 heavy (non-hydrogen) atoms. The summed E-state index contributed by atoms with van der Waals surface area (Å²) in [5.41, 5.74) is 6.55. The van der Waals surface area contributed by atoms with Gasteiger partial charge in [0.15, 0.2) is 0 Å². The maximum absolute atomic E-state index is 13.1. The number of rotatable bonds is 4. The lowest BCUT2D eigenvalue weighted by Crippen LogP contribution is -2.13. The molecule has 0 bridgehead atoms. The number of hydrogen-bond donors (Lipinski definition) is 2. The van der Waals surface area contributed by atoms with Crippen molar-refractivity contribution in [2.45, 2.75) is 17.9 Å². The van der Waals surface area contributed by atoms with Gasteiger partial charge in [0.25, 0.3) is 5.22 Å². The van der Waals surface area contributed by atoms with Crippen LogP contribution in [0.1, 0.15) is 17.0 Å². The summed E-state index contributed by atoms with van der Waals surface area (Å²) >= 11 is 1.32. The predicted octanol–water partition coefficient (Wildman–Crippen LogP) is 2.09. The molecule has 0 spiro atoms. The molecule has 0 saturated heterocycles. The standard InChI is InChI=1S/C11H11FN4OS/c1-6-15-16-11(17-6)18-5-7-2-3-8(12)4-9(7)10(13)14/h2-4H,5H2,1H3,(H3,13,14). The monoisotopic (exact) mass is 266 g/mol. The van der Waals surface area contributed by atoms with Crippen molar-refractivity contribution >= 4 is 17.6 Å². The first-order valence-corrected chi connectivity index (χ1v) is 6.10. The molecule has 0 radical (unpaired) electrons. The van der Waals surface area contributed by atoms with Gasteiger partial charge >= 0.3 is 0 Å². The highest BCUT2D eigenvalue weighted by atomic mass is 32.2. The minimum absolute atomic E-state index is 0.160. The fraction of sp³-hybridized carbons (Fsp3) is 0.182. The molecule has 0 amide bonds. The third-order valence-electron chi connectivity index (χ3n) is 2.22. The zero-order valence-electron chi connectivity index (χ0n) is 9.61. The van der Waals surface area contributed by atoms with Gasteiger partial charge in [-0.3, -0.25) is 5.41 Å². The number of nitrogens with one attached hydrogen (secondary N) is 1. The van der Waals surface area contributed by atoms with Crippen molar-refractivity contribution in [1.82, 2.24) is 10.2 Å². The van der Waals surface area contributed by atoms with Crippen LogP contribution in [0.4, 0.5) is 4.39 Å². The van der Waals surface area contributed by atoms with Crippen LogP contribution < -0.4 is 5.73 Å². The summed E-state index contributed by atoms with van der Waals surface area (Å²) in [5.74, 6) is 0.398. The van der Waals surface area contributed by atoms with E-state index in [2.05, 4.69) is 10.2 Å². The van der Waals surface area contributed by atoms with E-state index in [4.69, 9.17) is 15.6 Å². The highest BCUT2D eigenvalue weighted by Crippen LogP contribution is 2.23. The number of aromatic nitrogens is 2. The lowest BCUT2D eigenvalue weighted by molar-refractivity contribution is 0.429. The van der Waals surface area contributed by atoms with Crippen LogP contribution in [0.2, 0.25) is 0 Å². The first-order valence-electron chi connectivity index (χ1n) is 5.12. The van der Waals surface area contributed by atoms with Crippen molar-refractivity contribution < 1.29 is 8.81 Å². The Labute approximate surface area is 107 Å². The van der Waals surface area contributed by atoms with Gasteiger partial charge in [-0.2, -0.15) is 0 Å². The molecule has 1 aromatic carbocycles. The summed E-state index contributed by atoms with van der Waals surface area (Å²) in [6, 6.07) is 4.18. The smallest absolute Gasteiger partial charge is 0.276 e. The van der Waals surface area contributed by atoms with Crippen molar-refractivity contribution in [1.29, 1.82) is 5.41 Å². The van der Waals surface area contributed by atoms with Crippen LogP contribution in [0, 0.1) is 18.2 Å². The first kappa shape index (κ1) is 12.6. The molecule has 0 atom stereocenters. The summed E-state index contributed by atoms with van der Waals surface area (Å²) in [4.78, 5) is 0. The maximum Gasteiger partial charge on any atom is 0.276 e. The van der Waals surface area contributed by atoms with Crippen LogP contribution in [0.5, 0.6) is 0 Å². The number of amidine groups is 1. The topological polar surface area (TPSA) is 88.8 Å². The van der Waals surface area contributed by atoms with Crippen molar-refractivity contribution in [3.05, 3.63) is 41.0 Å². The molecule has 0 aliphatic heterocycles. The van der Waals surface area contributed by atoms with Gasteiger partial charge in [-0.15, -0.1) is 10.2 Å². The molecule has 7 heteroatoms. The normalized spacial score (nSPS) is 10.6. The molecule has 0 fully saturated rings. The van der Waals surface area contributed by atoms with E-state index in [9.17, 15) is 4.39 Å². The van der Waals surface area contributed by atoms with Gasteiger partial charge in [0.05, 0.1) is 0 Å². The predicted molar refractivity (Wildman–Crippen MR) is 66.0 cm³/mol. The Kier molecular flexibility index (Phi) is 3.61. The van der Waals surface area contributed by atoms with Gasteiger partial charge in [0, 0.05) is 18.2 Å². The minimum atomic E-state index is -0.414. The summed E-state index contributed by atoms with van der Waals surface area (Å²) in [6.45, 7) is 1.70. The molecule has 2 rings (SSSR count). The van der Waals surface area contributed by atoms with Crippen LogP contribution in [0.15, 0.2) is 27.8 Å². The number of hydrogen-bond acceptors (Lipinski definition) is 5. The Balaban J connectivity index is 2.16. The molecule has 0 unspecified atom stereocenters. The second kappa shape index (κ2) is 5.18. The second-order valence-electron chi connectivity index (χ2n) is 3.59. The molecule has 0 saturated carbocycles. The molecule has 0 aliphatic rings. The number of aryl methyl sites for hydroxylation is 1. The largest absolute Gasteiger partial charge is 0.416 e. The van der Waals surface area contributed by atoms with Gasteiger partial charge in [0.2, 0.25) is 5.89 Å². The Morgan fingerprint density at radius 1 is 1.50 bits per heavy atom. The van der Waals surface area contributed by atoms with Crippen molar-refractivity contribution in [3.8, 4) is 0 Å². The third-order valence-corrected chi connectivity index (χ3v) is 3.09. The highest BCUT2D eigenvalue weighted by Gasteiger charge is 2.10. The second-order valence-corrected chi connectivity index (χ2v) is 4.52. The molecule has 1 aromatic heterocycles. The number of thioether (sulfide) groups is 1. The molecule has 1 heterocycles. The number of nitrogens with zero attached hydrogens (tertiary/aromatic N) is 2. The van der Waals surface area contributed by atoms with Crippen molar-refractivity contribution in [2.24, 2.45) is 5.73 Å². The summed E-state index contributed by atoms with van der Waals surface area (Å²) in [6.07, 6.45) is 0. The number of benzene rings is 1. The molecular formula is C11H11FN4OS. The minimum Gasteiger partial charge on any atom is -0.416 e. The van der Waals surface area contributed by atoms with Crippen LogP contribution in [-0.2, 0) is 5.75 Å². The van der Waals surface area contributed by atoms with Gasteiger partial charge in [-0.25, -0.2) is 4.39 Å². The summed E-state index contributed by atoms with van der Waals surface area (Å²) in [5, 5.41) is 15.4. The van der Waals surface area contributed by atoms with Crippen LogP contribution >= 0.6 is 11.8 Å². The molecule has 2 aromatic rings. The number of nitrogen functional groups attached to an aromatic ring is 1. The Morgan fingerprint density at radius 3 is 2.89 bits per heavy atom. The molecule has 0 aliphatic carbocycles. The Bertz CT molecular complexity index is 584. The molecule has 94 valence electrons. The van der Waals surface area contributed by atoms with Crippen LogP contribution in [0.3, 0.4) is 0 Å². The van der Waals surface area contributed by atoms with E-state index in [0.717, 1.165) is 5.56 Å². The van der Waals surface area contributed by atoms with Gasteiger partial charge in [-0.1, -0.05) is 17.8 Å². The van der Waals surface area contributed by atoms with E-state index in [1.54, 1.807) is 13.0 Å². The Hall–Kier alpha value is -1.89. The van der Waals surface area contributed by atoms with Gasteiger partial charge in [0.1, 0.15) is 11.7 Å². The van der Waals surface area contributed by atoms with E-state index in [1.165, 1.54) is 23.9 Å². The lowest BCUT2D eigenvalue weighted by Gasteiger charge is -2.06. The highest BCUT2D eigenvalue weighted by molar-refractivity contribution is 7.98. The fourth-order valence-corrected chi connectivity index (χ4v) is 2.21. The first-order chi connectivity index (χ1) is 8.56. The fourth-order valence-electron chi connectivity index (χ4n) is 1.40. The van der Waals surface area contributed by atoms with E-state index in [-0.39, 0.29) is 5.84 Å². The zero-order chi connectivity index (χ0) is 13.1. The van der Waals surface area contributed by atoms with Crippen molar-refractivity contribution in [2.75, 3.05) is 0 Å². The van der Waals surface area contributed by atoms with Gasteiger partial charge in [-0.05, 0) is 17.7 Å². The van der Waals surface area contributed by atoms with E-state index in [0.29, 0.717) is 22.4 Å². The average Bonchev–Trinajstić information content (AvgIpc) is 2.73. The lowest BCUT2D eigenvalue weighted by atomic mass is 10.1. The Morgan fingerprint density at radius 2 is 2.28 bits per heavy atom. The van der Waals surface area contributed by atoms with Crippen molar-refractivity contribution in [3.63, 3.8) is 0 Å². The zero-order valence-corrected chi connectivity index (χ0v) is 10.4. The van der Waals surface area contributed by atoms with E-state index in [1.807, 2.05) is 0 Å². The summed E-state index contributed by atoms with van der Waals surface area (Å²) in [7, 11) is 0. The van der Waals surface area contributed by atoms with Crippen LogP contribution in [-0.4, -0.2) is 16.0 Å². The third kappa shape index (κ3) is 2.86. The SMILES string of the molecule is Cc1nnc(SCc2ccc(F)cc2C(=N)N)o1. The van der Waals surface area contributed by atoms with E-state index < -0.39 is 5.82 Å². The maximum atomic E-state index is 13.1. The number of nitrogens with two attached hydrogens (primary N) is 1. The summed E-state index contributed by atoms with van der Waals surface area (Å²) < 4.78 is 18.3. The van der Waals surface area contributed by atoms with E-state index >= 15 is 0 Å². The molecular weight excluding hydrogens is 255 g/mol. The molecule has 3 N–H and O–H groups in total. The van der Waals surface area contributed by atoms with Gasteiger partial charge < -0.3 is 10.2 Å². The van der Waals surface area contributed by atoms with Crippen LogP contribution in [0.25, 0.3) is 0 Å².